The molecular weight excluding hydrogens is 309 g/mol. The molecule has 0 spiro atoms. The fourth-order valence-electron chi connectivity index (χ4n) is 2.32. The van der Waals surface area contributed by atoms with Crippen molar-refractivity contribution in [1.82, 2.24) is 4.72 Å². The number of nitrogens with one attached hydrogen (secondary N) is 1. The number of benzene rings is 2. The third-order valence-electron chi connectivity index (χ3n) is 3.49. The maximum Gasteiger partial charge on any atom is 0.257 e. The molecule has 2 aromatic rings. The van der Waals surface area contributed by atoms with Crippen LogP contribution < -0.4 is 14.9 Å². The number of hydrogen-bond acceptors (Lipinski definition) is 3. The van der Waals surface area contributed by atoms with Gasteiger partial charge < -0.3 is 4.74 Å². The van der Waals surface area contributed by atoms with Gasteiger partial charge in [0, 0.05) is 6.08 Å². The Morgan fingerprint density at radius 1 is 1.17 bits per heavy atom. The molecule has 2 radical (unpaired) electrons. The summed E-state index contributed by atoms with van der Waals surface area (Å²) in [5.41, 5.74) is 2.41. The van der Waals surface area contributed by atoms with Crippen LogP contribution in [0.3, 0.4) is 0 Å². The first-order valence-electron chi connectivity index (χ1n) is 7.09. The fraction of sp³-hybridized carbons (Fsp3) is 0.118. The molecule has 1 heterocycles. The molecule has 1 unspecified atom stereocenters. The van der Waals surface area contributed by atoms with Gasteiger partial charge in [0.2, 0.25) is 0 Å². The van der Waals surface area contributed by atoms with Crippen LogP contribution in [0.4, 0.5) is 0 Å². The third-order valence-corrected chi connectivity index (χ3v) is 4.63. The number of carbonyl (C=O) groups excluding carboxylic acids is 1. The molecule has 0 aromatic heterocycles. The monoisotopic (exact) mass is 323 g/mol. The summed E-state index contributed by atoms with van der Waals surface area (Å²) in [5.74, 6) is 0.348. The van der Waals surface area contributed by atoms with Crippen LogP contribution >= 0.6 is 0 Å². The first-order valence-corrected chi connectivity index (χ1v) is 8.24. The molecule has 3 rings (SSSR count). The van der Waals surface area contributed by atoms with E-state index in [9.17, 15) is 9.00 Å². The molecule has 6 heteroatoms. The van der Waals surface area contributed by atoms with Gasteiger partial charge in [0.15, 0.2) is 11.0 Å². The van der Waals surface area contributed by atoms with E-state index in [0.717, 1.165) is 11.1 Å². The largest absolute Gasteiger partial charge is 0.486 e. The van der Waals surface area contributed by atoms with Gasteiger partial charge in [-0.15, -0.1) is 0 Å². The maximum atomic E-state index is 11.7. The Bertz CT molecular complexity index is 802. The third kappa shape index (κ3) is 3.53. The van der Waals surface area contributed by atoms with Gasteiger partial charge in [0.1, 0.15) is 19.7 Å². The summed E-state index contributed by atoms with van der Waals surface area (Å²) in [6, 6.07) is 14.7. The molecule has 0 bridgehead atoms. The lowest BCUT2D eigenvalue weighted by Crippen LogP contribution is -2.16. The molecule has 1 N–H and O–H groups in total. The summed E-state index contributed by atoms with van der Waals surface area (Å²) in [4.78, 5) is 11.7. The maximum absolute atomic E-state index is 11.7. The Morgan fingerprint density at radius 2 is 1.91 bits per heavy atom. The summed E-state index contributed by atoms with van der Waals surface area (Å²) < 4.78 is 20.0. The van der Waals surface area contributed by atoms with Crippen molar-refractivity contribution in [3.8, 4) is 5.75 Å². The van der Waals surface area contributed by atoms with Crippen molar-refractivity contribution in [3.63, 3.8) is 0 Å². The normalized spacial score (nSPS) is 18.2. The zero-order chi connectivity index (χ0) is 16.4. The minimum Gasteiger partial charge on any atom is -0.486 e. The van der Waals surface area contributed by atoms with E-state index >= 15 is 0 Å². The van der Waals surface area contributed by atoms with Crippen LogP contribution in [-0.2, 0) is 15.8 Å². The highest BCUT2D eigenvalue weighted by molar-refractivity contribution is 7.93. The first-order chi connectivity index (χ1) is 11.0. The van der Waals surface area contributed by atoms with Gasteiger partial charge in [-0.05, 0) is 30.2 Å². The SMILES string of the molecule is [B]c1cccc([C@@H](C)Oc2ccc(C3=CC(=O)NS3=O)cc2)c1. The average Bonchev–Trinajstić information content (AvgIpc) is 2.86. The summed E-state index contributed by atoms with van der Waals surface area (Å²) >= 11 is 0. The van der Waals surface area contributed by atoms with Crippen LogP contribution in [-0.4, -0.2) is 18.0 Å². The number of amides is 1. The quantitative estimate of drug-likeness (QED) is 0.872. The van der Waals surface area contributed by atoms with Crippen LogP contribution in [0.1, 0.15) is 24.2 Å². The fourth-order valence-corrected chi connectivity index (χ4v) is 3.24. The summed E-state index contributed by atoms with van der Waals surface area (Å²) in [6.45, 7) is 1.94. The van der Waals surface area contributed by atoms with Gasteiger partial charge >= 0.3 is 0 Å². The van der Waals surface area contributed by atoms with Crippen molar-refractivity contribution in [2.45, 2.75) is 13.0 Å². The predicted octanol–water partition coefficient (Wildman–Crippen LogP) is 1.75. The second-order valence-corrected chi connectivity index (χ2v) is 6.38. The van der Waals surface area contributed by atoms with Gasteiger partial charge in [-0.1, -0.05) is 41.9 Å². The van der Waals surface area contributed by atoms with E-state index in [1.165, 1.54) is 6.08 Å². The van der Waals surface area contributed by atoms with Crippen LogP contribution in [0.15, 0.2) is 54.6 Å². The Morgan fingerprint density at radius 3 is 2.52 bits per heavy atom. The Kier molecular flexibility index (Phi) is 4.34. The number of rotatable bonds is 4. The van der Waals surface area contributed by atoms with Crippen LogP contribution in [0, 0.1) is 0 Å². The standard InChI is InChI=1S/C17H14BNO3S/c1-11(13-3-2-4-14(18)9-13)22-15-7-5-12(6-8-15)16-10-17(20)19-23(16)21/h2-11H,1H3,(H,19,20)/t11-,23?/m1/s1. The van der Waals surface area contributed by atoms with Gasteiger partial charge in [-0.25, -0.2) is 4.21 Å². The van der Waals surface area contributed by atoms with E-state index < -0.39 is 11.0 Å². The number of ether oxygens (including phenoxy) is 1. The van der Waals surface area contributed by atoms with Crippen molar-refractivity contribution in [3.05, 3.63) is 65.7 Å². The van der Waals surface area contributed by atoms with E-state index in [2.05, 4.69) is 4.72 Å². The molecule has 0 saturated heterocycles. The van der Waals surface area contributed by atoms with Crippen LogP contribution in [0.2, 0.25) is 0 Å². The minimum atomic E-state index is -1.48. The minimum absolute atomic E-state index is 0.146. The Hall–Kier alpha value is -2.34. The van der Waals surface area contributed by atoms with E-state index in [-0.39, 0.29) is 12.0 Å². The van der Waals surface area contributed by atoms with Gasteiger partial charge in [-0.2, -0.15) is 0 Å². The molecule has 4 nitrogen and oxygen atoms in total. The second-order valence-electron chi connectivity index (χ2n) is 5.20. The van der Waals surface area contributed by atoms with E-state index in [1.54, 1.807) is 24.3 Å². The van der Waals surface area contributed by atoms with E-state index in [1.807, 2.05) is 31.2 Å². The van der Waals surface area contributed by atoms with Crippen molar-refractivity contribution in [1.29, 1.82) is 0 Å². The lowest BCUT2D eigenvalue weighted by Gasteiger charge is -2.16. The zero-order valence-corrected chi connectivity index (χ0v) is 13.3. The van der Waals surface area contributed by atoms with Crippen molar-refractivity contribution < 1.29 is 13.7 Å². The summed E-state index contributed by atoms with van der Waals surface area (Å²) in [6.07, 6.45) is 1.20. The molecule has 2 aromatic carbocycles. The van der Waals surface area contributed by atoms with Gasteiger partial charge in [-0.3, -0.25) is 9.52 Å². The molecule has 0 fully saturated rings. The highest BCUT2D eigenvalue weighted by atomic mass is 32.2. The zero-order valence-electron chi connectivity index (χ0n) is 12.5. The molecule has 2 atom stereocenters. The lowest BCUT2D eigenvalue weighted by molar-refractivity contribution is -0.114. The van der Waals surface area contributed by atoms with Crippen molar-refractivity contribution >= 4 is 35.1 Å². The highest BCUT2D eigenvalue weighted by Crippen LogP contribution is 2.26. The molecule has 0 aliphatic carbocycles. The van der Waals surface area contributed by atoms with Gasteiger partial charge in [0.25, 0.3) is 5.91 Å². The molecule has 1 amide bonds. The number of carbonyl (C=O) groups is 1. The molecule has 1 aliphatic rings. The predicted molar refractivity (Wildman–Crippen MR) is 91.6 cm³/mol. The molecule has 23 heavy (non-hydrogen) atoms. The van der Waals surface area contributed by atoms with Crippen LogP contribution in [0.5, 0.6) is 5.75 Å². The van der Waals surface area contributed by atoms with E-state index in [0.29, 0.717) is 16.1 Å². The Labute approximate surface area is 138 Å². The lowest BCUT2D eigenvalue weighted by atomic mass is 9.93. The van der Waals surface area contributed by atoms with E-state index in [4.69, 9.17) is 12.6 Å². The highest BCUT2D eigenvalue weighted by Gasteiger charge is 2.20. The first kappa shape index (κ1) is 15.6. The topological polar surface area (TPSA) is 55.4 Å². The Balaban J connectivity index is 1.74. The number of hydrogen-bond donors (Lipinski definition) is 1. The molecule has 1 aliphatic heterocycles. The average molecular weight is 323 g/mol. The molecular formula is C17H14BNO3S. The van der Waals surface area contributed by atoms with Crippen molar-refractivity contribution in [2.24, 2.45) is 0 Å². The van der Waals surface area contributed by atoms with Crippen LogP contribution in [0.25, 0.3) is 4.91 Å². The van der Waals surface area contributed by atoms with Gasteiger partial charge in [0.05, 0.1) is 4.91 Å². The van der Waals surface area contributed by atoms with Crippen molar-refractivity contribution in [2.75, 3.05) is 0 Å². The molecule has 114 valence electrons. The summed E-state index contributed by atoms with van der Waals surface area (Å²) in [5, 5.41) is 0. The summed E-state index contributed by atoms with van der Waals surface area (Å²) in [7, 11) is 4.30. The smallest absolute Gasteiger partial charge is 0.257 e. The molecule has 0 saturated carbocycles. The second kappa shape index (κ2) is 6.42.